The van der Waals surface area contributed by atoms with Crippen LogP contribution in [0, 0.1) is 0 Å². The van der Waals surface area contributed by atoms with Crippen LogP contribution >= 0.6 is 0 Å². The molecular formula is C38H44N4O6. The minimum atomic E-state index is -1.18. The third kappa shape index (κ3) is 10.1. The molecule has 6 N–H and O–H groups in total. The molecule has 252 valence electrons. The molecule has 0 aliphatic heterocycles. The van der Waals surface area contributed by atoms with Crippen molar-refractivity contribution in [3.63, 3.8) is 0 Å². The summed E-state index contributed by atoms with van der Waals surface area (Å²) in [6.07, 6.45) is 1.56. The molecule has 0 spiro atoms. The summed E-state index contributed by atoms with van der Waals surface area (Å²) in [6.45, 7) is 2.21. The normalized spacial score (nSPS) is 13.5. The van der Waals surface area contributed by atoms with Gasteiger partial charge in [0.25, 0.3) is 0 Å². The molecule has 3 amide bonds. The number of carboxylic acids is 1. The van der Waals surface area contributed by atoms with Gasteiger partial charge in [-0.3, -0.25) is 14.4 Å². The van der Waals surface area contributed by atoms with Gasteiger partial charge >= 0.3 is 5.97 Å². The summed E-state index contributed by atoms with van der Waals surface area (Å²) in [5.41, 5.74) is 8.76. The van der Waals surface area contributed by atoms with Crippen molar-refractivity contribution in [2.45, 2.75) is 63.1 Å². The molecule has 4 aromatic rings. The zero-order chi connectivity index (χ0) is 34.5. The highest BCUT2D eigenvalue weighted by molar-refractivity contribution is 5.94. The summed E-state index contributed by atoms with van der Waals surface area (Å²) in [7, 11) is 1.61. The van der Waals surface area contributed by atoms with Crippen LogP contribution in [-0.4, -0.2) is 60.6 Å². The number of carboxylic acid groups (broad SMARTS) is 1. The van der Waals surface area contributed by atoms with Crippen molar-refractivity contribution in [1.29, 1.82) is 0 Å². The Labute approximate surface area is 281 Å². The number of hydrogen-bond donors (Lipinski definition) is 5. The second kappa shape index (κ2) is 17.6. The van der Waals surface area contributed by atoms with Crippen molar-refractivity contribution in [3.8, 4) is 5.75 Å². The number of amides is 3. The molecule has 10 heteroatoms. The molecule has 4 atom stereocenters. The van der Waals surface area contributed by atoms with E-state index < -0.39 is 41.8 Å². The third-order valence-electron chi connectivity index (χ3n) is 8.37. The lowest BCUT2D eigenvalue weighted by molar-refractivity contribution is -0.142. The van der Waals surface area contributed by atoms with E-state index in [0.29, 0.717) is 19.4 Å². The summed E-state index contributed by atoms with van der Waals surface area (Å²) in [5.74, 6) is -2.08. The Bertz CT molecular complexity index is 1680. The highest BCUT2D eigenvalue weighted by atomic mass is 16.5. The van der Waals surface area contributed by atoms with Crippen molar-refractivity contribution >= 4 is 34.5 Å². The number of unbranched alkanes of at least 4 members (excludes halogenated alkanes) is 1. The Kier molecular flexibility index (Phi) is 13.1. The standard InChI is InChI=1S/C38H44N4O6/c1-25(30-17-11-16-28-24-29(48-2)19-20-31(28)30)35(43)40-21-10-9-18-33(38(46)47)41-37(45)34(23-27-14-7-4-8-15-27)42-36(44)32(39)22-26-12-5-3-6-13-26/h3-8,11-17,19-20,24-25,32-34H,9-10,18,21-23,39H2,1-2H3,(H,40,43)(H,41,45)(H,42,44)(H,46,47)/t25-,32+,33+,34+/m0/s1. The van der Waals surface area contributed by atoms with Gasteiger partial charge in [-0.25, -0.2) is 4.79 Å². The molecule has 10 nitrogen and oxygen atoms in total. The molecule has 0 saturated carbocycles. The molecule has 0 radical (unpaired) electrons. The number of aliphatic carboxylic acids is 1. The third-order valence-corrected chi connectivity index (χ3v) is 8.37. The molecule has 4 rings (SSSR count). The van der Waals surface area contributed by atoms with Gasteiger partial charge < -0.3 is 31.5 Å². The van der Waals surface area contributed by atoms with Gasteiger partial charge in [0.1, 0.15) is 17.8 Å². The van der Waals surface area contributed by atoms with E-state index in [9.17, 15) is 24.3 Å². The first-order valence-corrected chi connectivity index (χ1v) is 16.2. The minimum Gasteiger partial charge on any atom is -0.497 e. The Balaban J connectivity index is 1.30. The molecule has 0 aliphatic carbocycles. The van der Waals surface area contributed by atoms with E-state index in [0.717, 1.165) is 33.2 Å². The smallest absolute Gasteiger partial charge is 0.326 e. The molecule has 0 heterocycles. The number of methoxy groups -OCH3 is 1. The SMILES string of the molecule is COc1ccc2c([C@H](C)C(=O)NCCCC[C@@H](NC(=O)[C@@H](Cc3ccccc3)NC(=O)[C@H](N)Cc3ccccc3)C(=O)O)cccc2c1. The Morgan fingerprint density at radius 1 is 0.750 bits per heavy atom. The fourth-order valence-corrected chi connectivity index (χ4v) is 5.60. The van der Waals surface area contributed by atoms with Crippen molar-refractivity contribution < 1.29 is 29.0 Å². The molecule has 0 fully saturated rings. The minimum absolute atomic E-state index is 0.133. The molecular weight excluding hydrogens is 608 g/mol. The summed E-state index contributed by atoms with van der Waals surface area (Å²) in [6, 6.07) is 27.0. The van der Waals surface area contributed by atoms with Gasteiger partial charge in [-0.2, -0.15) is 0 Å². The lowest BCUT2D eigenvalue weighted by Crippen LogP contribution is -2.55. The van der Waals surface area contributed by atoms with Crippen LogP contribution in [0.25, 0.3) is 10.8 Å². The van der Waals surface area contributed by atoms with Crippen molar-refractivity contribution in [3.05, 3.63) is 114 Å². The maximum absolute atomic E-state index is 13.4. The Morgan fingerprint density at radius 3 is 2.04 bits per heavy atom. The van der Waals surface area contributed by atoms with E-state index in [1.807, 2.05) is 104 Å². The van der Waals surface area contributed by atoms with Crippen LogP contribution in [0.2, 0.25) is 0 Å². The first kappa shape index (κ1) is 35.6. The van der Waals surface area contributed by atoms with Gasteiger partial charge in [0.2, 0.25) is 17.7 Å². The van der Waals surface area contributed by atoms with Gasteiger partial charge in [-0.05, 0) is 72.2 Å². The van der Waals surface area contributed by atoms with Crippen molar-refractivity contribution in [2.75, 3.05) is 13.7 Å². The summed E-state index contributed by atoms with van der Waals surface area (Å²) in [4.78, 5) is 51.5. The van der Waals surface area contributed by atoms with E-state index in [1.165, 1.54) is 0 Å². The maximum atomic E-state index is 13.4. The van der Waals surface area contributed by atoms with Crippen LogP contribution < -0.4 is 26.4 Å². The summed E-state index contributed by atoms with van der Waals surface area (Å²) >= 11 is 0. The highest BCUT2D eigenvalue weighted by Crippen LogP contribution is 2.28. The number of carbonyl (C=O) groups is 4. The number of carbonyl (C=O) groups excluding carboxylic acids is 3. The fourth-order valence-electron chi connectivity index (χ4n) is 5.60. The quantitative estimate of drug-likeness (QED) is 0.107. The molecule has 0 aliphatic rings. The van der Waals surface area contributed by atoms with Crippen LogP contribution in [0.1, 0.15) is 48.8 Å². The molecule has 0 aromatic heterocycles. The lowest BCUT2D eigenvalue weighted by Gasteiger charge is -2.23. The fraction of sp³-hybridized carbons (Fsp3) is 0.316. The lowest BCUT2D eigenvalue weighted by atomic mass is 9.94. The average Bonchev–Trinajstić information content (AvgIpc) is 3.10. The number of benzene rings is 4. The number of nitrogens with two attached hydrogens (primary N) is 1. The van der Waals surface area contributed by atoms with Crippen LogP contribution in [0.15, 0.2) is 97.1 Å². The second-order valence-corrected chi connectivity index (χ2v) is 11.9. The van der Waals surface area contributed by atoms with Crippen LogP contribution in [0.4, 0.5) is 0 Å². The molecule has 0 bridgehead atoms. The van der Waals surface area contributed by atoms with Crippen LogP contribution in [0.3, 0.4) is 0 Å². The van der Waals surface area contributed by atoms with Gasteiger partial charge in [0.15, 0.2) is 0 Å². The number of hydrogen-bond acceptors (Lipinski definition) is 6. The van der Waals surface area contributed by atoms with E-state index in [2.05, 4.69) is 16.0 Å². The molecule has 0 saturated heterocycles. The number of nitrogens with one attached hydrogen (secondary N) is 3. The number of rotatable bonds is 17. The van der Waals surface area contributed by atoms with Crippen LogP contribution in [-0.2, 0) is 32.0 Å². The summed E-state index contributed by atoms with van der Waals surface area (Å²) < 4.78 is 5.32. The van der Waals surface area contributed by atoms with Crippen molar-refractivity contribution in [2.24, 2.45) is 5.73 Å². The molecule has 48 heavy (non-hydrogen) atoms. The zero-order valence-electron chi connectivity index (χ0n) is 27.4. The largest absolute Gasteiger partial charge is 0.497 e. The summed E-state index contributed by atoms with van der Waals surface area (Å²) in [5, 5.41) is 20.1. The number of fused-ring (bicyclic) bond motifs is 1. The average molecular weight is 653 g/mol. The topological polar surface area (TPSA) is 160 Å². The first-order chi connectivity index (χ1) is 23.2. The predicted octanol–water partition coefficient (Wildman–Crippen LogP) is 4.11. The van der Waals surface area contributed by atoms with E-state index in [1.54, 1.807) is 7.11 Å². The highest BCUT2D eigenvalue weighted by Gasteiger charge is 2.28. The Morgan fingerprint density at radius 2 is 1.40 bits per heavy atom. The predicted molar refractivity (Wildman–Crippen MR) is 186 cm³/mol. The Hall–Kier alpha value is -5.22. The van der Waals surface area contributed by atoms with Gasteiger partial charge in [0.05, 0.1) is 19.1 Å². The van der Waals surface area contributed by atoms with Crippen molar-refractivity contribution in [1.82, 2.24) is 16.0 Å². The van der Waals surface area contributed by atoms with Gasteiger partial charge in [0, 0.05) is 13.0 Å². The van der Waals surface area contributed by atoms with Gasteiger partial charge in [-0.15, -0.1) is 0 Å². The second-order valence-electron chi connectivity index (χ2n) is 11.9. The van der Waals surface area contributed by atoms with Crippen LogP contribution in [0.5, 0.6) is 5.75 Å². The molecule has 0 unspecified atom stereocenters. The maximum Gasteiger partial charge on any atom is 0.326 e. The van der Waals surface area contributed by atoms with E-state index >= 15 is 0 Å². The number of ether oxygens (including phenoxy) is 1. The monoisotopic (exact) mass is 652 g/mol. The first-order valence-electron chi connectivity index (χ1n) is 16.2. The zero-order valence-corrected chi connectivity index (χ0v) is 27.4. The van der Waals surface area contributed by atoms with E-state index in [-0.39, 0.29) is 25.2 Å². The molecule has 4 aromatic carbocycles. The van der Waals surface area contributed by atoms with Gasteiger partial charge in [-0.1, -0.05) is 84.9 Å². The van der Waals surface area contributed by atoms with E-state index in [4.69, 9.17) is 10.5 Å².